The first-order valence-corrected chi connectivity index (χ1v) is 30.9. The molecule has 8 nitrogen and oxygen atoms in total. The number of rotatable bonds is 0. The molecule has 11 aromatic rings. The monoisotopic (exact) mass is 1180 g/mol. The fourth-order valence-electron chi connectivity index (χ4n) is 10.4. The topological polar surface area (TPSA) is 106 Å². The number of hydrogen-bond acceptors (Lipinski definition) is 14. The molecule has 0 saturated carbocycles. The van der Waals surface area contributed by atoms with Gasteiger partial charge in [0.05, 0.1) is 23.3 Å². The minimum absolute atomic E-state index is 0. The molecule has 8 bridgehead atoms. The first-order chi connectivity index (χ1) is 37.1. The molecule has 17 heteroatoms. The molecule has 0 saturated heterocycles. The molecule has 0 unspecified atom stereocenters. The molecule has 0 fully saturated rings. The van der Waals surface area contributed by atoms with E-state index >= 15 is 0 Å². The number of aryl methyl sites for hydroxylation is 4. The summed E-state index contributed by atoms with van der Waals surface area (Å²) in [5.41, 5.74) is 10.7. The summed E-state index contributed by atoms with van der Waals surface area (Å²) in [5.74, 6) is 2.18. The van der Waals surface area contributed by atoms with Crippen LogP contribution in [0.2, 0.25) is 0 Å². The summed E-state index contributed by atoms with van der Waals surface area (Å²) in [4.78, 5) is 62.6. The van der Waals surface area contributed by atoms with Gasteiger partial charge in [0.2, 0.25) is 0 Å². The van der Waals surface area contributed by atoms with Gasteiger partial charge in [0.15, 0.2) is 0 Å². The van der Waals surface area contributed by atoms with E-state index in [2.05, 4.69) is 149 Å². The van der Waals surface area contributed by atoms with Crippen molar-refractivity contribution in [2.75, 3.05) is 0 Å². The van der Waals surface area contributed by atoms with E-state index in [9.17, 15) is 0 Å². The van der Waals surface area contributed by atoms with Crippen LogP contribution in [0.3, 0.4) is 0 Å². The van der Waals surface area contributed by atoms with Crippen molar-refractivity contribution in [1.82, 2.24) is 39.9 Å². The number of benzene rings is 8. The number of nitrogens with zero attached hydrogens (tertiary/aromatic N) is 8. The third-order valence-corrected chi connectivity index (χ3v) is 24.1. The van der Waals surface area contributed by atoms with E-state index in [0.29, 0.717) is 45.9 Å². The SMILES string of the molecule is Cc1ccc2c(c1)Sc1cc3c(cc1S2)-c1nc-3nc2[n-]c(nc3nc(nc4[n-]c(n1)c1cc5c(cc41)Sc1ccc(C)cc1S5)-c1cc4c(cc1-3)Sc1ccc(C)cc1S4)c1cc3c(cc21)Sc1ccc(C)cc1S3.[Cu+2]. The van der Waals surface area contributed by atoms with Crippen LogP contribution in [0.5, 0.6) is 0 Å². The summed E-state index contributed by atoms with van der Waals surface area (Å²) in [6.07, 6.45) is 0. The van der Waals surface area contributed by atoms with Crippen LogP contribution in [0.25, 0.3) is 89.7 Å². The van der Waals surface area contributed by atoms with Gasteiger partial charge in [-0.15, -0.1) is 0 Å². The number of fused-ring (bicyclic) bond motifs is 28. The number of hydrogen-bond donors (Lipinski definition) is 0. The maximum atomic E-state index is 5.49. The van der Waals surface area contributed by atoms with Gasteiger partial charge in [0, 0.05) is 123 Å². The van der Waals surface area contributed by atoms with Gasteiger partial charge in [0.25, 0.3) is 0 Å². The molecule has 0 atom stereocenters. The van der Waals surface area contributed by atoms with Crippen LogP contribution >= 0.6 is 94.1 Å². The fourth-order valence-corrected chi connectivity index (χ4v) is 19.8. The van der Waals surface area contributed by atoms with E-state index in [1.54, 1.807) is 94.1 Å². The minimum atomic E-state index is 0. The Morgan fingerprint density at radius 2 is 0.455 bits per heavy atom. The molecule has 0 amide bonds. The Bertz CT molecular complexity index is 4450. The summed E-state index contributed by atoms with van der Waals surface area (Å²) in [6, 6.07) is 44.7. The Labute approximate surface area is 485 Å². The average molecular weight is 1190 g/mol. The van der Waals surface area contributed by atoms with Crippen LogP contribution in [-0.2, 0) is 17.1 Å². The molecule has 0 N–H and O–H groups in total. The molecule has 6 aliphatic rings. The average Bonchev–Trinajstić information content (AvgIpc) is 4.23. The second kappa shape index (κ2) is 17.7. The zero-order chi connectivity index (χ0) is 50.2. The maximum Gasteiger partial charge on any atom is 2.00 e. The van der Waals surface area contributed by atoms with Gasteiger partial charge in [0.1, 0.15) is 0 Å². The van der Waals surface area contributed by atoms with Gasteiger partial charge in [-0.05, 0) is 169 Å². The largest absolute Gasteiger partial charge is 2.00 e. The van der Waals surface area contributed by atoms with Gasteiger partial charge >= 0.3 is 17.1 Å². The maximum absolute atomic E-state index is 5.49. The van der Waals surface area contributed by atoms with Gasteiger partial charge in [-0.3, -0.25) is 0 Å². The normalized spacial score (nSPS) is 14.0. The van der Waals surface area contributed by atoms with Crippen molar-refractivity contribution in [3.8, 4) is 45.6 Å². The van der Waals surface area contributed by atoms with Crippen molar-refractivity contribution < 1.29 is 17.1 Å². The Hall–Kier alpha value is -5.56. The molecule has 8 aromatic carbocycles. The molecule has 77 heavy (non-hydrogen) atoms. The summed E-state index contributed by atoms with van der Waals surface area (Å²) >= 11 is 14.3. The standard InChI is InChI=1S/C60H32N8S8.Cu/c1-25-5-9-37-41(13-25)73-49-21-33-29(17-45(49)69-37)53-61-57(33)65-54-30-18-46-50(74-42-14-26(2)6-10-38(42)70-46)22-34(30)59(62-54)67-56-32-20-48-52(76-44-16-28(4)8-12-40(44)72-48)24-36(32)60(64-56)68-55-31-19-47-51(23-35(31)58(63-55)66-53)75-43-15-27(3)7-11-39(43)71-47;/h5-24H,1-4H3;/q-2;+2. The third kappa shape index (κ3) is 7.74. The molecule has 0 aliphatic carbocycles. The summed E-state index contributed by atoms with van der Waals surface area (Å²) in [6.45, 7) is 8.60. The zero-order valence-corrected chi connectivity index (χ0v) is 48.2. The number of aromatic nitrogens is 8. The molecule has 9 heterocycles. The van der Waals surface area contributed by atoms with Gasteiger partial charge in [-0.2, -0.15) is 0 Å². The fraction of sp³-hybridized carbons (Fsp3) is 0.0667. The van der Waals surface area contributed by atoms with Crippen molar-refractivity contribution in [2.45, 2.75) is 106 Å². The van der Waals surface area contributed by atoms with Crippen LogP contribution in [0.4, 0.5) is 0 Å². The predicted molar refractivity (Wildman–Crippen MR) is 312 cm³/mol. The van der Waals surface area contributed by atoms with E-state index in [4.69, 9.17) is 39.9 Å². The van der Waals surface area contributed by atoms with E-state index in [-0.39, 0.29) is 17.1 Å². The molecule has 17 rings (SSSR count). The molecule has 1 radical (unpaired) electrons. The van der Waals surface area contributed by atoms with Crippen LogP contribution < -0.4 is 9.97 Å². The molecular formula is C60H32CuN8S8. The van der Waals surface area contributed by atoms with E-state index in [0.717, 1.165) is 83.0 Å². The first kappa shape index (κ1) is 47.4. The van der Waals surface area contributed by atoms with Gasteiger partial charge in [-0.25, -0.2) is 9.97 Å². The van der Waals surface area contributed by atoms with E-state index < -0.39 is 0 Å². The quantitative estimate of drug-likeness (QED) is 0.134. The van der Waals surface area contributed by atoms with Crippen molar-refractivity contribution in [3.05, 3.63) is 144 Å². The smallest absolute Gasteiger partial charge is 0.357 e. The van der Waals surface area contributed by atoms with Gasteiger partial charge < -0.3 is 29.9 Å². The van der Waals surface area contributed by atoms with Crippen molar-refractivity contribution >= 4 is 138 Å². The third-order valence-electron chi connectivity index (χ3n) is 14.1. The molecular weight excluding hydrogens is 1150 g/mol. The molecule has 371 valence electrons. The molecule has 6 aliphatic heterocycles. The summed E-state index contributed by atoms with van der Waals surface area (Å²) < 4.78 is 0. The Balaban J connectivity index is 0.00000498. The van der Waals surface area contributed by atoms with Crippen LogP contribution in [0.1, 0.15) is 22.3 Å². The molecule has 0 spiro atoms. The Morgan fingerprint density at radius 3 is 0.701 bits per heavy atom. The predicted octanol–water partition coefficient (Wildman–Crippen LogP) is 17.8. The summed E-state index contributed by atoms with van der Waals surface area (Å²) in [5, 5.41) is 3.59. The van der Waals surface area contributed by atoms with Crippen LogP contribution in [0.15, 0.2) is 200 Å². The second-order valence-corrected chi connectivity index (χ2v) is 28.1. The second-order valence-electron chi connectivity index (χ2n) is 19.5. The summed E-state index contributed by atoms with van der Waals surface area (Å²) in [7, 11) is 0. The van der Waals surface area contributed by atoms with Gasteiger partial charge in [-0.1, -0.05) is 118 Å². The van der Waals surface area contributed by atoms with Crippen LogP contribution in [-0.4, -0.2) is 29.9 Å². The van der Waals surface area contributed by atoms with Crippen molar-refractivity contribution in [1.29, 1.82) is 0 Å². The Morgan fingerprint density at radius 1 is 0.247 bits per heavy atom. The van der Waals surface area contributed by atoms with Crippen molar-refractivity contribution in [3.63, 3.8) is 0 Å². The zero-order valence-electron chi connectivity index (χ0n) is 40.7. The Kier molecular flexibility index (Phi) is 10.9. The van der Waals surface area contributed by atoms with Crippen LogP contribution in [0, 0.1) is 27.7 Å². The molecule has 3 aromatic heterocycles. The van der Waals surface area contributed by atoms with Crippen molar-refractivity contribution in [2.24, 2.45) is 0 Å². The minimum Gasteiger partial charge on any atom is -0.357 e. The van der Waals surface area contributed by atoms with E-state index in [1.165, 1.54) is 61.4 Å². The van der Waals surface area contributed by atoms with E-state index in [1.807, 2.05) is 0 Å². The first-order valence-electron chi connectivity index (χ1n) is 24.4.